The molecule has 23 heavy (non-hydrogen) atoms. The second-order valence-electron chi connectivity index (χ2n) is 6.31. The lowest BCUT2D eigenvalue weighted by molar-refractivity contribution is -0.0191. The Kier molecular flexibility index (Phi) is 2.39. The van der Waals surface area contributed by atoms with E-state index in [1.54, 1.807) is 0 Å². The minimum Gasteiger partial charge on any atom is -0.493 e. The molecule has 0 radical (unpaired) electrons. The molecule has 3 rings (SSSR count). The highest BCUT2D eigenvalue weighted by Crippen LogP contribution is 2.43. The summed E-state index contributed by atoms with van der Waals surface area (Å²) in [6, 6.07) is -0.0802. The van der Waals surface area contributed by atoms with Crippen LogP contribution in [0.15, 0.2) is 12.1 Å². The van der Waals surface area contributed by atoms with E-state index in [4.69, 9.17) is 21.8 Å². The molecule has 0 aliphatic carbocycles. The highest BCUT2D eigenvalue weighted by molar-refractivity contribution is 5.49. The molecule has 128 valence electrons. The molecule has 1 saturated heterocycles. The van der Waals surface area contributed by atoms with Crippen molar-refractivity contribution in [3.8, 4) is 11.5 Å². The van der Waals surface area contributed by atoms with Crippen molar-refractivity contribution in [1.29, 1.82) is 0 Å². The zero-order valence-electron chi connectivity index (χ0n) is 23.5. The van der Waals surface area contributed by atoms with Crippen molar-refractivity contribution in [3.05, 3.63) is 23.3 Å². The van der Waals surface area contributed by atoms with Gasteiger partial charge in [0, 0.05) is 27.2 Å². The number of piperidine rings is 1. The predicted molar refractivity (Wildman–Crippen MR) is 91.1 cm³/mol. The minimum absolute atomic E-state index is 0.0405. The Labute approximate surface area is 153 Å². The average molecular weight is 330 g/mol. The van der Waals surface area contributed by atoms with Gasteiger partial charge in [0.15, 0.2) is 11.5 Å². The normalized spacial score (nSPS) is 44.2. The maximum absolute atomic E-state index is 10.9. The smallest absolute Gasteiger partial charge is 0.161 e. The number of methoxy groups -OCH3 is 2. The van der Waals surface area contributed by atoms with Crippen LogP contribution in [0.25, 0.3) is 0 Å². The number of nitrogens with zero attached hydrogens (tertiary/aromatic N) is 1. The van der Waals surface area contributed by atoms with Crippen LogP contribution in [0, 0.1) is 11.8 Å². The molecule has 0 aromatic heterocycles. The molecule has 0 bridgehead atoms. The average Bonchev–Trinajstić information content (AvgIpc) is 2.61. The molecule has 0 saturated carbocycles. The molecule has 4 heteroatoms. The third kappa shape index (κ3) is 3.20. The SMILES string of the molecule is [2H]C([2H])([2H])Oc1cc2c(cc1OC)C([2H])([2H])C([2H])([2H])N1C2([2H])CC(O)C(CC(C)C)C1([2H])[2H]. The monoisotopic (exact) mass is 329 g/mol. The van der Waals surface area contributed by atoms with Gasteiger partial charge in [-0.25, -0.2) is 0 Å². The number of hydrogen-bond acceptors (Lipinski definition) is 4. The first-order chi connectivity index (χ1) is 14.8. The molecule has 3 atom stereocenters. The Morgan fingerprint density at radius 3 is 2.91 bits per heavy atom. The molecule has 0 amide bonds. The van der Waals surface area contributed by atoms with Gasteiger partial charge in [0.1, 0.15) is 0 Å². The molecule has 3 unspecified atom stereocenters. The molecule has 2 heterocycles. The summed E-state index contributed by atoms with van der Waals surface area (Å²) in [6.07, 6.45) is -4.34. The van der Waals surface area contributed by atoms with Crippen molar-refractivity contribution < 1.29 is 28.3 Å². The van der Waals surface area contributed by atoms with Crippen LogP contribution < -0.4 is 9.47 Å². The van der Waals surface area contributed by atoms with E-state index in [0.717, 1.165) is 12.1 Å². The van der Waals surface area contributed by atoms with Gasteiger partial charge in [-0.05, 0) is 54.3 Å². The molecule has 4 nitrogen and oxygen atoms in total. The van der Waals surface area contributed by atoms with Crippen LogP contribution in [0.4, 0.5) is 0 Å². The number of hydrogen-bond donors (Lipinski definition) is 1. The highest BCUT2D eigenvalue weighted by atomic mass is 16.5. The molecular weight excluding hydrogens is 290 g/mol. The lowest BCUT2D eigenvalue weighted by Crippen LogP contribution is -2.48. The first-order valence-corrected chi connectivity index (χ1v) is 7.71. The molecule has 0 spiro atoms. The van der Waals surface area contributed by atoms with E-state index in [-0.39, 0.29) is 35.0 Å². The van der Waals surface area contributed by atoms with Crippen LogP contribution in [-0.4, -0.2) is 43.3 Å². The number of aliphatic hydroxyl groups is 1. The number of fused-ring (bicyclic) bond motifs is 3. The molecule has 1 aromatic carbocycles. The van der Waals surface area contributed by atoms with Crippen LogP contribution in [0.5, 0.6) is 11.5 Å². The Morgan fingerprint density at radius 1 is 1.43 bits per heavy atom. The molecule has 1 N–H and O–H groups in total. The molecule has 2 aliphatic rings. The number of benzene rings is 1. The van der Waals surface area contributed by atoms with Gasteiger partial charge in [0.2, 0.25) is 0 Å². The standard InChI is InChI=1S/C19H29NO3/c1-12(2)7-14-11-20-6-5-13-8-18(22-3)19(23-4)9-15(13)16(20)10-17(14)21/h8-9,12,14,16-17,21H,5-7,10-11H2,1-4H3/i4D3,5D2,6D2,11D2,16D. The quantitative estimate of drug-likeness (QED) is 0.922. The van der Waals surface area contributed by atoms with Crippen molar-refractivity contribution in [2.45, 2.75) is 45.2 Å². The van der Waals surface area contributed by atoms with Crippen LogP contribution in [-0.2, 0) is 6.37 Å². The van der Waals surface area contributed by atoms with Gasteiger partial charge >= 0.3 is 0 Å². The lowest BCUT2D eigenvalue weighted by atomic mass is 9.79. The predicted octanol–water partition coefficient (Wildman–Crippen LogP) is 3.03. The van der Waals surface area contributed by atoms with Crippen molar-refractivity contribution in [3.63, 3.8) is 0 Å². The van der Waals surface area contributed by atoms with E-state index in [1.165, 1.54) is 7.11 Å². The van der Waals surface area contributed by atoms with Gasteiger partial charge in [-0.1, -0.05) is 13.8 Å². The summed E-state index contributed by atoms with van der Waals surface area (Å²) in [7, 11) is -1.68. The highest BCUT2D eigenvalue weighted by Gasteiger charge is 2.38. The number of ether oxygens (including phenoxy) is 2. The van der Waals surface area contributed by atoms with E-state index in [1.807, 2.05) is 13.8 Å². The van der Waals surface area contributed by atoms with Crippen LogP contribution in [0.3, 0.4) is 0 Å². The Bertz CT molecular complexity index is 920. The summed E-state index contributed by atoms with van der Waals surface area (Å²) < 4.78 is 93.6. The van der Waals surface area contributed by atoms with Crippen LogP contribution in [0.2, 0.25) is 0 Å². The first-order valence-electron chi connectivity index (χ1n) is 12.7. The van der Waals surface area contributed by atoms with Gasteiger partial charge in [-0.3, -0.25) is 4.90 Å². The Hall–Kier alpha value is -1.26. The third-order valence-corrected chi connectivity index (χ3v) is 4.18. The van der Waals surface area contributed by atoms with Crippen molar-refractivity contribution >= 4 is 0 Å². The second kappa shape index (κ2) is 6.70. The first kappa shape index (κ1) is 8.21. The number of aryl methyl sites for hydroxylation is 1. The Balaban J connectivity index is 2.32. The second-order valence-corrected chi connectivity index (χ2v) is 6.31. The van der Waals surface area contributed by atoms with E-state index < -0.39 is 50.9 Å². The van der Waals surface area contributed by atoms with Gasteiger partial charge in [0.25, 0.3) is 0 Å². The minimum atomic E-state index is -2.99. The topological polar surface area (TPSA) is 41.9 Å². The zero-order valence-corrected chi connectivity index (χ0v) is 13.5. The summed E-state index contributed by atoms with van der Waals surface area (Å²) in [5, 5.41) is 10.9. The fraction of sp³-hybridized carbons (Fsp3) is 0.684. The molecular formula is C19H29NO3. The summed E-state index contributed by atoms with van der Waals surface area (Å²) in [4.78, 5) is 0.556. The fourth-order valence-electron chi connectivity index (χ4n) is 3.07. The molecule has 1 aromatic rings. The maximum atomic E-state index is 10.9. The van der Waals surface area contributed by atoms with Gasteiger partial charge < -0.3 is 14.6 Å². The van der Waals surface area contributed by atoms with E-state index in [0.29, 0.717) is 4.90 Å². The van der Waals surface area contributed by atoms with Crippen LogP contribution >= 0.6 is 0 Å². The molecule has 2 aliphatic heterocycles. The van der Waals surface area contributed by atoms with E-state index in [9.17, 15) is 6.48 Å². The van der Waals surface area contributed by atoms with Crippen molar-refractivity contribution in [1.82, 2.24) is 4.90 Å². The van der Waals surface area contributed by atoms with Gasteiger partial charge in [0.05, 0.1) is 25.7 Å². The fourth-order valence-corrected chi connectivity index (χ4v) is 3.07. The zero-order chi connectivity index (χ0) is 25.4. The van der Waals surface area contributed by atoms with E-state index in [2.05, 4.69) is 0 Å². The van der Waals surface area contributed by atoms with E-state index >= 15 is 0 Å². The maximum Gasteiger partial charge on any atom is 0.161 e. The summed E-state index contributed by atoms with van der Waals surface area (Å²) in [6.45, 7) is -1.92. The van der Waals surface area contributed by atoms with Crippen molar-refractivity contribution in [2.24, 2.45) is 11.8 Å². The van der Waals surface area contributed by atoms with Crippen molar-refractivity contribution in [2.75, 3.05) is 27.1 Å². The summed E-state index contributed by atoms with van der Waals surface area (Å²) >= 11 is 0. The Morgan fingerprint density at radius 2 is 2.22 bits per heavy atom. The number of aliphatic hydroxyl groups excluding tert-OH is 1. The third-order valence-electron chi connectivity index (χ3n) is 4.18. The van der Waals surface area contributed by atoms with Gasteiger partial charge in [-0.15, -0.1) is 0 Å². The molecule has 1 fully saturated rings. The summed E-state index contributed by atoms with van der Waals surface area (Å²) in [5.41, 5.74) is -0.479. The lowest BCUT2D eigenvalue weighted by Gasteiger charge is -2.46. The van der Waals surface area contributed by atoms with Gasteiger partial charge in [-0.2, -0.15) is 0 Å². The largest absolute Gasteiger partial charge is 0.493 e. The van der Waals surface area contributed by atoms with Crippen LogP contribution in [0.1, 0.15) is 57.5 Å². The summed E-state index contributed by atoms with van der Waals surface area (Å²) in [5.74, 6) is -1.60. The number of rotatable bonds is 4.